The maximum Gasteiger partial charge on any atom is 0.228 e. The van der Waals surface area contributed by atoms with Crippen LogP contribution in [0.15, 0.2) is 24.3 Å². The molecule has 4 heteroatoms. The zero-order chi connectivity index (χ0) is 13.1. The molecule has 1 aliphatic rings. The van der Waals surface area contributed by atoms with Gasteiger partial charge in [0.25, 0.3) is 0 Å². The van der Waals surface area contributed by atoms with Gasteiger partial charge in [-0.05, 0) is 25.3 Å². The second-order valence-electron chi connectivity index (χ2n) is 4.93. The number of rotatable bonds is 3. The molecule has 2 N–H and O–H groups in total. The number of phenols is 1. The summed E-state index contributed by atoms with van der Waals surface area (Å²) >= 11 is 0. The van der Waals surface area contributed by atoms with Crippen LogP contribution in [0.1, 0.15) is 24.8 Å². The molecule has 0 aromatic heterocycles. The van der Waals surface area contributed by atoms with Crippen molar-refractivity contribution in [2.45, 2.75) is 31.9 Å². The number of hydrogen-bond donors (Lipinski definition) is 2. The van der Waals surface area contributed by atoms with Crippen molar-refractivity contribution in [1.29, 1.82) is 0 Å². The van der Waals surface area contributed by atoms with E-state index in [9.17, 15) is 15.0 Å². The van der Waals surface area contributed by atoms with E-state index in [0.29, 0.717) is 13.0 Å². The van der Waals surface area contributed by atoms with Gasteiger partial charge >= 0.3 is 0 Å². The lowest BCUT2D eigenvalue weighted by molar-refractivity contribution is -0.137. The summed E-state index contributed by atoms with van der Waals surface area (Å²) < 4.78 is 0. The molecule has 2 atom stereocenters. The van der Waals surface area contributed by atoms with Crippen molar-refractivity contribution in [3.8, 4) is 5.75 Å². The molecule has 0 bridgehead atoms. The highest BCUT2D eigenvalue weighted by Gasteiger charge is 2.33. The van der Waals surface area contributed by atoms with E-state index < -0.39 is 6.10 Å². The highest BCUT2D eigenvalue weighted by atomic mass is 16.3. The average molecular weight is 249 g/mol. The Balaban J connectivity index is 2.01. The Labute approximate surface area is 107 Å². The summed E-state index contributed by atoms with van der Waals surface area (Å²) in [7, 11) is 1.71. The number of aliphatic hydroxyl groups is 1. The molecule has 1 amide bonds. The van der Waals surface area contributed by atoms with Gasteiger partial charge in [-0.1, -0.05) is 18.2 Å². The molecule has 98 valence electrons. The Hall–Kier alpha value is -1.55. The average Bonchev–Trinajstić information content (AvgIpc) is 2.77. The Morgan fingerprint density at radius 3 is 2.72 bits per heavy atom. The van der Waals surface area contributed by atoms with Gasteiger partial charge in [0.15, 0.2) is 0 Å². The third-order valence-electron chi connectivity index (χ3n) is 3.57. The Morgan fingerprint density at radius 1 is 1.39 bits per heavy atom. The summed E-state index contributed by atoms with van der Waals surface area (Å²) in [4.78, 5) is 13.7. The fourth-order valence-electron chi connectivity index (χ4n) is 2.49. The van der Waals surface area contributed by atoms with E-state index in [1.54, 1.807) is 30.1 Å². The quantitative estimate of drug-likeness (QED) is 0.853. The number of carbonyl (C=O) groups excluding carboxylic acids is 1. The molecule has 1 aliphatic carbocycles. The lowest BCUT2D eigenvalue weighted by Gasteiger charge is -2.23. The summed E-state index contributed by atoms with van der Waals surface area (Å²) in [5.41, 5.74) is 0.723. The first-order valence-electron chi connectivity index (χ1n) is 6.29. The fourth-order valence-corrected chi connectivity index (χ4v) is 2.49. The van der Waals surface area contributed by atoms with Crippen LogP contribution in [-0.4, -0.2) is 34.2 Å². The number of aromatic hydroxyl groups is 1. The first kappa shape index (κ1) is 12.9. The molecule has 4 nitrogen and oxygen atoms in total. The summed E-state index contributed by atoms with van der Waals surface area (Å²) in [6, 6.07) is 6.99. The van der Waals surface area contributed by atoms with Crippen molar-refractivity contribution in [3.63, 3.8) is 0 Å². The Morgan fingerprint density at radius 2 is 2.11 bits per heavy atom. The van der Waals surface area contributed by atoms with Crippen molar-refractivity contribution in [2.75, 3.05) is 7.05 Å². The molecule has 1 aromatic carbocycles. The maximum absolute atomic E-state index is 12.2. The highest BCUT2D eigenvalue weighted by Crippen LogP contribution is 2.28. The van der Waals surface area contributed by atoms with Crippen LogP contribution < -0.4 is 0 Å². The highest BCUT2D eigenvalue weighted by molar-refractivity contribution is 5.79. The zero-order valence-electron chi connectivity index (χ0n) is 10.5. The van der Waals surface area contributed by atoms with E-state index in [4.69, 9.17) is 0 Å². The van der Waals surface area contributed by atoms with Crippen molar-refractivity contribution in [2.24, 2.45) is 5.92 Å². The largest absolute Gasteiger partial charge is 0.508 e. The number of carbonyl (C=O) groups is 1. The Kier molecular flexibility index (Phi) is 3.87. The SMILES string of the molecule is CN(Cc1ccccc1O)C(=O)C1CCCC1O. The van der Waals surface area contributed by atoms with Gasteiger partial charge in [0.05, 0.1) is 12.0 Å². The second kappa shape index (κ2) is 5.40. The van der Waals surface area contributed by atoms with Crippen LogP contribution in [0.2, 0.25) is 0 Å². The van der Waals surface area contributed by atoms with E-state index in [-0.39, 0.29) is 17.6 Å². The summed E-state index contributed by atoms with van der Waals surface area (Å²) in [5, 5.41) is 19.4. The summed E-state index contributed by atoms with van der Waals surface area (Å²) in [6.07, 6.45) is 1.86. The van der Waals surface area contributed by atoms with Gasteiger partial charge in [0, 0.05) is 19.2 Å². The van der Waals surface area contributed by atoms with Crippen molar-refractivity contribution in [1.82, 2.24) is 4.90 Å². The van der Waals surface area contributed by atoms with Gasteiger partial charge in [-0.25, -0.2) is 0 Å². The molecule has 2 unspecified atom stereocenters. The van der Waals surface area contributed by atoms with E-state index in [2.05, 4.69) is 0 Å². The predicted octanol–water partition coefficient (Wildman–Crippen LogP) is 1.51. The molecule has 0 aliphatic heterocycles. The van der Waals surface area contributed by atoms with E-state index >= 15 is 0 Å². The molecule has 0 saturated heterocycles. The maximum atomic E-state index is 12.2. The number of hydrogen-bond acceptors (Lipinski definition) is 3. The van der Waals surface area contributed by atoms with Crippen LogP contribution >= 0.6 is 0 Å². The van der Waals surface area contributed by atoms with E-state index in [1.807, 2.05) is 6.07 Å². The molecular weight excluding hydrogens is 230 g/mol. The lowest BCUT2D eigenvalue weighted by Crippen LogP contribution is -2.36. The molecule has 1 fully saturated rings. The van der Waals surface area contributed by atoms with Gasteiger partial charge in [-0.2, -0.15) is 0 Å². The van der Waals surface area contributed by atoms with Gasteiger partial charge in [0.2, 0.25) is 5.91 Å². The molecule has 1 aromatic rings. The van der Waals surface area contributed by atoms with Gasteiger partial charge in [0.1, 0.15) is 5.75 Å². The minimum atomic E-state index is -0.510. The number of aliphatic hydroxyl groups excluding tert-OH is 1. The van der Waals surface area contributed by atoms with Crippen molar-refractivity contribution in [3.05, 3.63) is 29.8 Å². The van der Waals surface area contributed by atoms with Crippen LogP contribution in [0, 0.1) is 5.92 Å². The van der Waals surface area contributed by atoms with Crippen LogP contribution in [0.3, 0.4) is 0 Å². The zero-order valence-corrected chi connectivity index (χ0v) is 10.5. The van der Waals surface area contributed by atoms with Gasteiger partial charge in [-0.3, -0.25) is 4.79 Å². The van der Waals surface area contributed by atoms with Crippen LogP contribution in [0.5, 0.6) is 5.75 Å². The normalized spacial score (nSPS) is 23.0. The van der Waals surface area contributed by atoms with Gasteiger partial charge in [-0.15, -0.1) is 0 Å². The minimum Gasteiger partial charge on any atom is -0.508 e. The monoisotopic (exact) mass is 249 g/mol. The molecule has 0 radical (unpaired) electrons. The third kappa shape index (κ3) is 2.64. The number of phenolic OH excluding ortho intramolecular Hbond substituents is 1. The fraction of sp³-hybridized carbons (Fsp3) is 0.500. The van der Waals surface area contributed by atoms with Crippen LogP contribution in [-0.2, 0) is 11.3 Å². The van der Waals surface area contributed by atoms with Gasteiger partial charge < -0.3 is 15.1 Å². The number of amides is 1. The molecule has 18 heavy (non-hydrogen) atoms. The van der Waals surface area contributed by atoms with E-state index in [1.165, 1.54) is 0 Å². The number of benzene rings is 1. The smallest absolute Gasteiger partial charge is 0.228 e. The standard InChI is InChI=1S/C14H19NO3/c1-15(9-10-5-2-3-7-12(10)16)14(18)11-6-4-8-13(11)17/h2-3,5,7,11,13,16-17H,4,6,8-9H2,1H3. The third-order valence-corrected chi connectivity index (χ3v) is 3.57. The lowest BCUT2D eigenvalue weighted by atomic mass is 10.0. The first-order chi connectivity index (χ1) is 8.59. The Bertz CT molecular complexity index is 433. The summed E-state index contributed by atoms with van der Waals surface area (Å²) in [5.74, 6) is -0.117. The molecule has 2 rings (SSSR count). The summed E-state index contributed by atoms with van der Waals surface area (Å²) in [6.45, 7) is 0.370. The van der Waals surface area contributed by atoms with Crippen LogP contribution in [0.25, 0.3) is 0 Å². The van der Waals surface area contributed by atoms with Crippen LogP contribution in [0.4, 0.5) is 0 Å². The topological polar surface area (TPSA) is 60.8 Å². The first-order valence-corrected chi connectivity index (χ1v) is 6.29. The molecule has 1 saturated carbocycles. The second-order valence-corrected chi connectivity index (χ2v) is 4.93. The number of nitrogens with zero attached hydrogens (tertiary/aromatic N) is 1. The minimum absolute atomic E-state index is 0.0387. The molecule has 0 heterocycles. The van der Waals surface area contributed by atoms with E-state index in [0.717, 1.165) is 18.4 Å². The van der Waals surface area contributed by atoms with Crippen molar-refractivity contribution >= 4 is 5.91 Å². The molecule has 0 spiro atoms. The predicted molar refractivity (Wildman–Crippen MR) is 67.9 cm³/mol. The molecular formula is C14H19NO3. The number of para-hydroxylation sites is 1. The van der Waals surface area contributed by atoms with Crippen molar-refractivity contribution < 1.29 is 15.0 Å².